The van der Waals surface area contributed by atoms with Crippen LogP contribution in [0.5, 0.6) is 0 Å². The van der Waals surface area contributed by atoms with Crippen LogP contribution < -0.4 is 11.2 Å². The molecule has 1 fully saturated rings. The Morgan fingerprint density at radius 2 is 1.97 bits per heavy atom. The molecule has 4 aromatic heterocycles. The average molecular weight is 471 g/mol. The summed E-state index contributed by atoms with van der Waals surface area (Å²) < 4.78 is 6.53. The molecule has 4 aromatic rings. The van der Waals surface area contributed by atoms with Gasteiger partial charge < -0.3 is 14.5 Å². The quantitative estimate of drug-likeness (QED) is 0.356. The van der Waals surface area contributed by atoms with E-state index >= 15 is 0 Å². The number of carbonyl (C=O) groups excluding carboxylic acids is 1. The minimum atomic E-state index is -0.529. The molecule has 0 unspecified atom stereocenters. The summed E-state index contributed by atoms with van der Waals surface area (Å²) in [4.78, 5) is 58.6. The number of rotatable bonds is 4. The van der Waals surface area contributed by atoms with E-state index in [4.69, 9.17) is 16.3 Å². The van der Waals surface area contributed by atoms with Gasteiger partial charge in [-0.3, -0.25) is 24.1 Å². The SMILES string of the molecule is [C-]#[N+]c1ccc(-c2ccc3ncc4c(=O)[nH]c(=O)n(C5CCN(C(=O)COC)CC5)c4c3n2)cn1. The lowest BCUT2D eigenvalue weighted by Crippen LogP contribution is -2.43. The van der Waals surface area contributed by atoms with Crippen LogP contribution in [0.25, 0.3) is 38.0 Å². The van der Waals surface area contributed by atoms with E-state index < -0.39 is 11.2 Å². The van der Waals surface area contributed by atoms with Crippen molar-refractivity contribution >= 4 is 33.7 Å². The standard InChI is InChI=1S/C24H21N7O4/c1-25-19-6-3-14(11-27-19)17-4-5-18-21(28-17)22-16(12-26-18)23(33)29-24(34)31(22)15-7-9-30(10-8-15)20(32)13-35-2/h3-6,11-12,15H,7-10,13H2,2H3,(H,29,33,34). The van der Waals surface area contributed by atoms with Crippen LogP contribution in [-0.2, 0) is 9.53 Å². The second-order valence-electron chi connectivity index (χ2n) is 8.28. The molecule has 5 heterocycles. The number of aromatic nitrogens is 5. The lowest BCUT2D eigenvalue weighted by molar-refractivity contribution is -0.136. The first-order valence-electron chi connectivity index (χ1n) is 11.0. The van der Waals surface area contributed by atoms with Crippen LogP contribution in [0.2, 0.25) is 0 Å². The third-order valence-electron chi connectivity index (χ3n) is 6.22. The summed E-state index contributed by atoms with van der Waals surface area (Å²) in [5, 5.41) is 0.265. The number of amides is 1. The topological polar surface area (TPSA) is 127 Å². The van der Waals surface area contributed by atoms with Crippen molar-refractivity contribution < 1.29 is 9.53 Å². The molecule has 0 atom stereocenters. The van der Waals surface area contributed by atoms with Crippen molar-refractivity contribution in [1.82, 2.24) is 29.4 Å². The molecular formula is C24H21N7O4. The highest BCUT2D eigenvalue weighted by Gasteiger charge is 2.27. The maximum Gasteiger partial charge on any atom is 0.329 e. The molecule has 0 aromatic carbocycles. The molecule has 1 aliphatic heterocycles. The lowest BCUT2D eigenvalue weighted by atomic mass is 10.0. The van der Waals surface area contributed by atoms with Crippen molar-refractivity contribution in [1.29, 1.82) is 0 Å². The number of H-pyrrole nitrogens is 1. The van der Waals surface area contributed by atoms with Crippen LogP contribution in [0.4, 0.5) is 5.82 Å². The molecule has 1 saturated heterocycles. The molecule has 1 N–H and O–H groups in total. The third-order valence-corrected chi connectivity index (χ3v) is 6.22. The minimum absolute atomic E-state index is 0.0148. The van der Waals surface area contributed by atoms with Gasteiger partial charge in [0.25, 0.3) is 11.4 Å². The van der Waals surface area contributed by atoms with E-state index in [9.17, 15) is 14.4 Å². The number of hydrogen-bond acceptors (Lipinski definition) is 7. The highest BCUT2D eigenvalue weighted by Crippen LogP contribution is 2.29. The Bertz CT molecular complexity index is 1590. The Morgan fingerprint density at radius 3 is 2.66 bits per heavy atom. The Hall–Kier alpha value is -4.43. The number of piperidine rings is 1. The van der Waals surface area contributed by atoms with Crippen molar-refractivity contribution in [3.05, 3.63) is 68.9 Å². The number of hydrogen-bond donors (Lipinski definition) is 1. The predicted molar refractivity (Wildman–Crippen MR) is 128 cm³/mol. The monoisotopic (exact) mass is 471 g/mol. The highest BCUT2D eigenvalue weighted by atomic mass is 16.5. The van der Waals surface area contributed by atoms with Gasteiger partial charge in [-0.25, -0.2) is 9.78 Å². The number of fused-ring (bicyclic) bond motifs is 3. The van der Waals surface area contributed by atoms with Gasteiger partial charge in [0.1, 0.15) is 18.3 Å². The molecule has 1 aliphatic rings. The lowest BCUT2D eigenvalue weighted by Gasteiger charge is -2.33. The molecule has 0 saturated carbocycles. The first kappa shape index (κ1) is 22.4. The van der Waals surface area contributed by atoms with Crippen molar-refractivity contribution in [2.24, 2.45) is 0 Å². The van der Waals surface area contributed by atoms with Gasteiger partial charge in [-0.2, -0.15) is 0 Å². The molecule has 0 bridgehead atoms. The number of nitrogens with zero attached hydrogens (tertiary/aromatic N) is 6. The summed E-state index contributed by atoms with van der Waals surface area (Å²) in [7, 11) is 1.48. The normalized spacial score (nSPS) is 14.3. The van der Waals surface area contributed by atoms with Gasteiger partial charge in [0.05, 0.1) is 22.1 Å². The maximum atomic E-state index is 13.1. The number of carbonyl (C=O) groups is 1. The molecule has 1 amide bonds. The summed E-state index contributed by atoms with van der Waals surface area (Å²) >= 11 is 0. The smallest absolute Gasteiger partial charge is 0.329 e. The van der Waals surface area contributed by atoms with Gasteiger partial charge in [0.15, 0.2) is 0 Å². The Morgan fingerprint density at radius 1 is 1.17 bits per heavy atom. The van der Waals surface area contributed by atoms with E-state index in [1.807, 2.05) is 0 Å². The molecule has 176 valence electrons. The van der Waals surface area contributed by atoms with Gasteiger partial charge in [0.2, 0.25) is 5.91 Å². The zero-order valence-corrected chi connectivity index (χ0v) is 18.9. The second kappa shape index (κ2) is 9.08. The van der Waals surface area contributed by atoms with Crippen LogP contribution in [0, 0.1) is 6.57 Å². The Balaban J connectivity index is 1.64. The van der Waals surface area contributed by atoms with Gasteiger partial charge in [0, 0.05) is 38.0 Å². The number of ether oxygens (including phenoxy) is 1. The number of nitrogens with one attached hydrogen (secondary N) is 1. The van der Waals surface area contributed by atoms with E-state index in [1.54, 1.807) is 39.9 Å². The average Bonchev–Trinajstić information content (AvgIpc) is 2.89. The fourth-order valence-electron chi connectivity index (χ4n) is 4.49. The maximum absolute atomic E-state index is 13.1. The summed E-state index contributed by atoms with van der Waals surface area (Å²) in [6, 6.07) is 6.69. The molecule has 35 heavy (non-hydrogen) atoms. The van der Waals surface area contributed by atoms with E-state index in [1.165, 1.54) is 13.3 Å². The van der Waals surface area contributed by atoms with Crippen LogP contribution in [-0.4, -0.2) is 62.1 Å². The van der Waals surface area contributed by atoms with Crippen LogP contribution in [0.3, 0.4) is 0 Å². The Kier molecular flexibility index (Phi) is 5.80. The third kappa shape index (κ3) is 4.04. The zero-order valence-electron chi connectivity index (χ0n) is 18.9. The van der Waals surface area contributed by atoms with E-state index in [2.05, 4.69) is 19.8 Å². The van der Waals surface area contributed by atoms with Crippen molar-refractivity contribution in [2.75, 3.05) is 26.8 Å². The summed E-state index contributed by atoms with van der Waals surface area (Å²) in [6.07, 6.45) is 4.11. The van der Waals surface area contributed by atoms with Crippen molar-refractivity contribution in [2.45, 2.75) is 18.9 Å². The largest absolute Gasteiger partial charge is 0.375 e. The van der Waals surface area contributed by atoms with E-state index in [-0.39, 0.29) is 29.8 Å². The number of pyridine rings is 3. The first-order valence-corrected chi connectivity index (χ1v) is 11.0. The molecule has 0 radical (unpaired) electrons. The van der Waals surface area contributed by atoms with Crippen LogP contribution >= 0.6 is 0 Å². The first-order chi connectivity index (χ1) is 17.0. The van der Waals surface area contributed by atoms with Gasteiger partial charge in [-0.1, -0.05) is 12.6 Å². The summed E-state index contributed by atoms with van der Waals surface area (Å²) in [5.74, 6) is 0.181. The summed E-state index contributed by atoms with van der Waals surface area (Å²) in [5.41, 5.74) is 1.60. The molecule has 0 aliphatic carbocycles. The highest BCUT2D eigenvalue weighted by molar-refractivity contribution is 6.01. The van der Waals surface area contributed by atoms with Gasteiger partial charge in [-0.15, -0.1) is 4.98 Å². The van der Waals surface area contributed by atoms with Crippen molar-refractivity contribution in [3.63, 3.8) is 0 Å². The Labute approximate surface area is 198 Å². The number of methoxy groups -OCH3 is 1. The zero-order chi connectivity index (χ0) is 24.5. The van der Waals surface area contributed by atoms with Crippen LogP contribution in [0.1, 0.15) is 18.9 Å². The van der Waals surface area contributed by atoms with Gasteiger partial charge in [-0.05, 0) is 31.0 Å². The van der Waals surface area contributed by atoms with Gasteiger partial charge >= 0.3 is 5.69 Å². The molecule has 0 spiro atoms. The summed E-state index contributed by atoms with van der Waals surface area (Å²) in [6.45, 7) is 8.04. The number of likely N-dealkylation sites (tertiary alicyclic amines) is 1. The molecule has 5 rings (SSSR count). The molecular weight excluding hydrogens is 450 g/mol. The van der Waals surface area contributed by atoms with Crippen molar-refractivity contribution in [3.8, 4) is 11.3 Å². The van der Waals surface area contributed by atoms with E-state index in [0.717, 1.165) is 0 Å². The fourth-order valence-corrected chi connectivity index (χ4v) is 4.49. The molecule has 11 heteroatoms. The molecule has 11 nitrogen and oxygen atoms in total. The second-order valence-corrected chi connectivity index (χ2v) is 8.28. The minimum Gasteiger partial charge on any atom is -0.375 e. The van der Waals surface area contributed by atoms with Crippen LogP contribution in [0.15, 0.2) is 46.2 Å². The predicted octanol–water partition coefficient (Wildman–Crippen LogP) is 2.06. The van der Waals surface area contributed by atoms with E-state index in [0.29, 0.717) is 53.7 Å². The fraction of sp³-hybridized carbons (Fsp3) is 0.292. The number of aromatic amines is 1.